The number of anilines is 3. The average Bonchev–Trinajstić information content (AvgIpc) is 3.47. The van der Waals surface area contributed by atoms with Gasteiger partial charge in [-0.2, -0.15) is 9.97 Å². The molecule has 1 saturated carbocycles. The number of benzene rings is 1. The molecule has 2 N–H and O–H groups in total. The van der Waals surface area contributed by atoms with Gasteiger partial charge in [-0.05, 0) is 56.9 Å². The highest BCUT2D eigenvalue weighted by Crippen LogP contribution is 2.49. The summed E-state index contributed by atoms with van der Waals surface area (Å²) in [6, 6.07) is 7.14. The van der Waals surface area contributed by atoms with Gasteiger partial charge in [0.1, 0.15) is 17.7 Å². The van der Waals surface area contributed by atoms with Crippen molar-refractivity contribution in [3.8, 4) is 17.3 Å². The molecular weight excluding hydrogens is 436 g/mol. The number of nitrogens with one attached hydrogen (secondary N) is 2. The molecule has 0 bridgehead atoms. The Morgan fingerprint density at radius 3 is 2.53 bits per heavy atom. The molecule has 0 atom stereocenters. The Labute approximate surface area is 196 Å². The molecule has 2 amide bonds. The van der Waals surface area contributed by atoms with Gasteiger partial charge in [0.05, 0.1) is 24.5 Å². The number of aromatic nitrogens is 3. The standard InChI is InChI=1S/C24H26N6O4/c1-15-14-33-23(25-15)29-22(31)26-17-4-2-16(3-5-17)19-27-20(30-10-12-32-13-11-30)18-6-7-24(8-9-24)34-21(18)28-19/h2-5,14H,6-13H2,1H3,(H2,25,26,29,31). The average molecular weight is 463 g/mol. The summed E-state index contributed by atoms with van der Waals surface area (Å²) in [6.45, 7) is 4.77. The van der Waals surface area contributed by atoms with Crippen LogP contribution in [0.5, 0.6) is 5.88 Å². The van der Waals surface area contributed by atoms with E-state index in [0.29, 0.717) is 36.3 Å². The van der Waals surface area contributed by atoms with Gasteiger partial charge in [-0.15, -0.1) is 0 Å². The third-order valence-corrected chi connectivity index (χ3v) is 6.45. The zero-order valence-corrected chi connectivity index (χ0v) is 19.0. The first-order valence-electron chi connectivity index (χ1n) is 11.6. The molecule has 3 aliphatic rings. The number of carbonyl (C=O) groups excluding carboxylic acids is 1. The largest absolute Gasteiger partial charge is 0.471 e. The summed E-state index contributed by atoms with van der Waals surface area (Å²) in [6.07, 6.45) is 5.62. The molecule has 176 valence electrons. The lowest BCUT2D eigenvalue weighted by Gasteiger charge is -2.33. The van der Waals surface area contributed by atoms with Crippen LogP contribution in [0.1, 0.15) is 30.5 Å². The molecule has 1 spiro atoms. The molecule has 6 rings (SSSR count). The molecule has 2 aromatic heterocycles. The Morgan fingerprint density at radius 1 is 1.03 bits per heavy atom. The Hall–Kier alpha value is -3.66. The molecule has 4 heterocycles. The number of oxazole rings is 1. The summed E-state index contributed by atoms with van der Waals surface area (Å²) in [4.78, 5) is 28.3. The second-order valence-electron chi connectivity index (χ2n) is 8.99. The van der Waals surface area contributed by atoms with Crippen molar-refractivity contribution >= 4 is 23.6 Å². The summed E-state index contributed by atoms with van der Waals surface area (Å²) in [5.41, 5.74) is 3.25. The molecule has 3 aromatic rings. The lowest BCUT2D eigenvalue weighted by molar-refractivity contribution is 0.121. The number of nitrogens with zero attached hydrogens (tertiary/aromatic N) is 4. The van der Waals surface area contributed by atoms with Crippen LogP contribution < -0.4 is 20.3 Å². The molecule has 1 aromatic carbocycles. The number of fused-ring (bicyclic) bond motifs is 1. The van der Waals surface area contributed by atoms with E-state index < -0.39 is 6.03 Å². The zero-order chi connectivity index (χ0) is 23.1. The second kappa shape index (κ2) is 8.28. The van der Waals surface area contributed by atoms with Crippen LogP contribution in [-0.2, 0) is 11.2 Å². The Balaban J connectivity index is 1.24. The Bertz CT molecular complexity index is 1210. The first-order chi connectivity index (χ1) is 16.6. The predicted molar refractivity (Wildman–Crippen MR) is 125 cm³/mol. The van der Waals surface area contributed by atoms with Gasteiger partial charge in [0.15, 0.2) is 5.82 Å². The molecule has 2 aliphatic heterocycles. The maximum atomic E-state index is 12.2. The van der Waals surface area contributed by atoms with Crippen molar-refractivity contribution in [1.29, 1.82) is 0 Å². The normalized spacial score (nSPS) is 18.2. The molecule has 10 nitrogen and oxygen atoms in total. The minimum absolute atomic E-state index is 0.0244. The van der Waals surface area contributed by atoms with Crippen molar-refractivity contribution in [2.45, 2.75) is 38.2 Å². The van der Waals surface area contributed by atoms with Crippen LogP contribution in [0.2, 0.25) is 0 Å². The minimum atomic E-state index is -0.433. The van der Waals surface area contributed by atoms with E-state index in [-0.39, 0.29) is 11.6 Å². The molecule has 0 radical (unpaired) electrons. The van der Waals surface area contributed by atoms with E-state index in [9.17, 15) is 4.79 Å². The minimum Gasteiger partial charge on any atom is -0.471 e. The maximum Gasteiger partial charge on any atom is 0.327 e. The Kier molecular flexibility index (Phi) is 5.09. The molecular formula is C24H26N6O4. The van der Waals surface area contributed by atoms with Crippen molar-refractivity contribution in [3.63, 3.8) is 0 Å². The first kappa shape index (κ1) is 20.9. The fraction of sp³-hybridized carbons (Fsp3) is 0.417. The van der Waals surface area contributed by atoms with Crippen LogP contribution in [0.4, 0.5) is 22.3 Å². The molecule has 10 heteroatoms. The van der Waals surface area contributed by atoms with E-state index >= 15 is 0 Å². The number of urea groups is 1. The third-order valence-electron chi connectivity index (χ3n) is 6.45. The van der Waals surface area contributed by atoms with E-state index in [1.165, 1.54) is 6.26 Å². The highest BCUT2D eigenvalue weighted by Gasteiger charge is 2.48. The van der Waals surface area contributed by atoms with Crippen LogP contribution >= 0.6 is 0 Å². The number of hydrogen-bond acceptors (Lipinski definition) is 8. The summed E-state index contributed by atoms with van der Waals surface area (Å²) in [5, 5.41) is 5.34. The zero-order valence-electron chi connectivity index (χ0n) is 19.0. The molecule has 2 fully saturated rings. The number of morpholine rings is 1. The third kappa shape index (κ3) is 4.16. The van der Waals surface area contributed by atoms with Crippen LogP contribution in [0.15, 0.2) is 34.9 Å². The van der Waals surface area contributed by atoms with E-state index in [4.69, 9.17) is 23.9 Å². The molecule has 34 heavy (non-hydrogen) atoms. The number of ether oxygens (including phenoxy) is 2. The topological polar surface area (TPSA) is 115 Å². The number of rotatable bonds is 4. The van der Waals surface area contributed by atoms with Gasteiger partial charge in [0.25, 0.3) is 0 Å². The molecule has 1 aliphatic carbocycles. The van der Waals surface area contributed by atoms with Crippen LogP contribution in [0, 0.1) is 6.92 Å². The number of carbonyl (C=O) groups is 1. The summed E-state index contributed by atoms with van der Waals surface area (Å²) >= 11 is 0. The van der Waals surface area contributed by atoms with Gasteiger partial charge in [-0.1, -0.05) is 0 Å². The predicted octanol–water partition coefficient (Wildman–Crippen LogP) is 3.78. The fourth-order valence-electron chi connectivity index (χ4n) is 4.39. The molecule has 1 saturated heterocycles. The van der Waals surface area contributed by atoms with Gasteiger partial charge >= 0.3 is 12.0 Å². The molecule has 0 unspecified atom stereocenters. The number of amides is 2. The highest BCUT2D eigenvalue weighted by molar-refractivity contribution is 5.98. The van der Waals surface area contributed by atoms with E-state index in [1.54, 1.807) is 6.92 Å². The second-order valence-corrected chi connectivity index (χ2v) is 8.99. The van der Waals surface area contributed by atoms with E-state index in [1.807, 2.05) is 24.3 Å². The monoisotopic (exact) mass is 462 g/mol. The fourth-order valence-corrected chi connectivity index (χ4v) is 4.39. The highest BCUT2D eigenvalue weighted by atomic mass is 16.5. The van der Waals surface area contributed by atoms with Crippen molar-refractivity contribution < 1.29 is 18.7 Å². The van der Waals surface area contributed by atoms with Gasteiger partial charge < -0.3 is 24.1 Å². The summed E-state index contributed by atoms with van der Waals surface area (Å²) < 4.78 is 17.1. The summed E-state index contributed by atoms with van der Waals surface area (Å²) in [5.74, 6) is 2.27. The van der Waals surface area contributed by atoms with Gasteiger partial charge in [0.2, 0.25) is 5.88 Å². The quantitative estimate of drug-likeness (QED) is 0.602. The SMILES string of the molecule is Cc1coc(NC(=O)Nc2ccc(-c3nc4c(c(N5CCOCC5)n3)CCC3(CC3)O4)cc2)n1. The first-order valence-corrected chi connectivity index (χ1v) is 11.6. The number of hydrogen-bond donors (Lipinski definition) is 2. The van der Waals surface area contributed by atoms with Crippen molar-refractivity contribution in [3.05, 3.63) is 41.8 Å². The van der Waals surface area contributed by atoms with E-state index in [0.717, 1.165) is 55.7 Å². The van der Waals surface area contributed by atoms with Crippen molar-refractivity contribution in [1.82, 2.24) is 15.0 Å². The summed E-state index contributed by atoms with van der Waals surface area (Å²) in [7, 11) is 0. The van der Waals surface area contributed by atoms with E-state index in [2.05, 4.69) is 20.5 Å². The smallest absolute Gasteiger partial charge is 0.327 e. The Morgan fingerprint density at radius 2 is 1.82 bits per heavy atom. The maximum absolute atomic E-state index is 12.2. The van der Waals surface area contributed by atoms with Crippen molar-refractivity contribution in [2.75, 3.05) is 41.8 Å². The van der Waals surface area contributed by atoms with Crippen molar-refractivity contribution in [2.24, 2.45) is 0 Å². The number of aryl methyl sites for hydroxylation is 1. The lowest BCUT2D eigenvalue weighted by Crippen LogP contribution is -2.38. The van der Waals surface area contributed by atoms with Gasteiger partial charge in [-0.3, -0.25) is 5.32 Å². The van der Waals surface area contributed by atoms with Crippen LogP contribution in [-0.4, -0.2) is 52.9 Å². The van der Waals surface area contributed by atoms with Crippen LogP contribution in [0.3, 0.4) is 0 Å². The lowest BCUT2D eigenvalue weighted by atomic mass is 10.0. The van der Waals surface area contributed by atoms with Gasteiger partial charge in [-0.25, -0.2) is 9.78 Å². The van der Waals surface area contributed by atoms with Crippen LogP contribution in [0.25, 0.3) is 11.4 Å². The van der Waals surface area contributed by atoms with Gasteiger partial charge in [0, 0.05) is 24.3 Å².